The van der Waals surface area contributed by atoms with Crippen molar-refractivity contribution in [3.05, 3.63) is 58.3 Å². The van der Waals surface area contributed by atoms with Crippen LogP contribution in [-0.4, -0.2) is 34.6 Å². The SMILES string of the molecule is CC(C)(C)CN1C(=O)C(CC(=O)O)OC(c2ccccn2)c2cc(Br)ccc21. The van der Waals surface area contributed by atoms with Crippen LogP contribution < -0.4 is 4.90 Å². The van der Waals surface area contributed by atoms with Crippen LogP contribution in [0.15, 0.2) is 47.1 Å². The molecule has 2 heterocycles. The molecule has 1 aromatic heterocycles. The van der Waals surface area contributed by atoms with E-state index < -0.39 is 24.6 Å². The number of benzene rings is 1. The quantitative estimate of drug-likeness (QED) is 0.761. The largest absolute Gasteiger partial charge is 0.481 e. The molecule has 7 heteroatoms. The molecule has 0 fully saturated rings. The van der Waals surface area contributed by atoms with Crippen molar-refractivity contribution in [3.63, 3.8) is 0 Å². The van der Waals surface area contributed by atoms with Gasteiger partial charge in [0, 0.05) is 22.8 Å². The number of hydrogen-bond donors (Lipinski definition) is 1. The van der Waals surface area contributed by atoms with E-state index in [0.717, 1.165) is 10.0 Å². The van der Waals surface area contributed by atoms with Crippen LogP contribution in [0.4, 0.5) is 5.69 Å². The Kier molecular flexibility index (Phi) is 5.86. The second kappa shape index (κ2) is 8.01. The molecule has 1 aliphatic rings. The number of pyridine rings is 1. The number of carboxylic acids is 1. The van der Waals surface area contributed by atoms with E-state index in [9.17, 15) is 14.7 Å². The first-order valence-electron chi connectivity index (χ1n) is 9.05. The standard InChI is InChI=1S/C21H23BrN2O4/c1-21(2,3)12-24-16-8-7-13(22)10-14(16)19(15-6-4-5-9-23-15)28-17(20(24)27)11-18(25)26/h4-10,17,19H,11-12H2,1-3H3,(H,25,26). The number of hydrogen-bond acceptors (Lipinski definition) is 4. The Morgan fingerprint density at radius 3 is 2.64 bits per heavy atom. The van der Waals surface area contributed by atoms with Crippen LogP contribution in [0.25, 0.3) is 0 Å². The zero-order valence-corrected chi connectivity index (χ0v) is 17.6. The minimum absolute atomic E-state index is 0.182. The number of carbonyl (C=O) groups is 2. The van der Waals surface area contributed by atoms with E-state index in [1.54, 1.807) is 17.2 Å². The minimum atomic E-state index is -1.10. The van der Waals surface area contributed by atoms with Crippen molar-refractivity contribution in [1.29, 1.82) is 0 Å². The van der Waals surface area contributed by atoms with E-state index >= 15 is 0 Å². The summed E-state index contributed by atoms with van der Waals surface area (Å²) >= 11 is 3.49. The molecular weight excluding hydrogens is 424 g/mol. The second-order valence-corrected chi connectivity index (χ2v) is 8.96. The minimum Gasteiger partial charge on any atom is -0.481 e. The normalized spacial score (nSPS) is 19.9. The number of carboxylic acid groups (broad SMARTS) is 1. The highest BCUT2D eigenvalue weighted by Gasteiger charge is 2.39. The number of carbonyl (C=O) groups excluding carboxylic acids is 1. The van der Waals surface area contributed by atoms with Crippen LogP contribution >= 0.6 is 15.9 Å². The van der Waals surface area contributed by atoms with Gasteiger partial charge in [0.25, 0.3) is 5.91 Å². The monoisotopic (exact) mass is 446 g/mol. The molecule has 28 heavy (non-hydrogen) atoms. The first kappa shape index (κ1) is 20.5. The Hall–Kier alpha value is -2.25. The third-order valence-electron chi connectivity index (χ3n) is 4.35. The molecule has 1 aromatic carbocycles. The number of rotatable bonds is 4. The van der Waals surface area contributed by atoms with Crippen molar-refractivity contribution in [2.75, 3.05) is 11.4 Å². The fraction of sp³-hybridized carbons (Fsp3) is 0.381. The number of aromatic nitrogens is 1. The van der Waals surface area contributed by atoms with Gasteiger partial charge < -0.3 is 14.7 Å². The molecule has 0 saturated carbocycles. The van der Waals surface area contributed by atoms with E-state index in [1.807, 2.05) is 51.1 Å². The van der Waals surface area contributed by atoms with Crippen LogP contribution in [0.1, 0.15) is 44.6 Å². The van der Waals surface area contributed by atoms with Gasteiger partial charge in [-0.3, -0.25) is 14.6 Å². The molecule has 0 bridgehead atoms. The van der Waals surface area contributed by atoms with Crippen molar-refractivity contribution in [2.45, 2.75) is 39.4 Å². The summed E-state index contributed by atoms with van der Waals surface area (Å²) in [6.45, 7) is 6.54. The fourth-order valence-electron chi connectivity index (χ4n) is 3.26. The maximum absolute atomic E-state index is 13.3. The average Bonchev–Trinajstić information content (AvgIpc) is 2.71. The van der Waals surface area contributed by atoms with E-state index in [-0.39, 0.29) is 11.3 Å². The predicted molar refractivity (Wildman–Crippen MR) is 109 cm³/mol. The summed E-state index contributed by atoms with van der Waals surface area (Å²) in [5, 5.41) is 9.34. The van der Waals surface area contributed by atoms with Crippen LogP contribution in [0.2, 0.25) is 0 Å². The summed E-state index contributed by atoms with van der Waals surface area (Å²) in [5.74, 6) is -1.43. The average molecular weight is 447 g/mol. The Morgan fingerprint density at radius 1 is 1.29 bits per heavy atom. The summed E-state index contributed by atoms with van der Waals surface area (Å²) in [7, 11) is 0. The smallest absolute Gasteiger partial charge is 0.306 e. The van der Waals surface area contributed by atoms with Crippen LogP contribution in [0.5, 0.6) is 0 Å². The van der Waals surface area contributed by atoms with Crippen LogP contribution in [0.3, 0.4) is 0 Å². The summed E-state index contributed by atoms with van der Waals surface area (Å²) in [6, 6.07) is 11.1. The summed E-state index contributed by atoms with van der Waals surface area (Å²) in [5.41, 5.74) is 1.94. The summed E-state index contributed by atoms with van der Waals surface area (Å²) in [6.07, 6.45) is -0.495. The summed E-state index contributed by atoms with van der Waals surface area (Å²) < 4.78 is 6.93. The second-order valence-electron chi connectivity index (χ2n) is 8.05. The van der Waals surface area contributed by atoms with Gasteiger partial charge in [0.1, 0.15) is 12.2 Å². The molecule has 1 amide bonds. The van der Waals surface area contributed by atoms with Crippen molar-refractivity contribution in [3.8, 4) is 0 Å². The topological polar surface area (TPSA) is 79.7 Å². The lowest BCUT2D eigenvalue weighted by Crippen LogP contribution is -2.44. The van der Waals surface area contributed by atoms with Gasteiger partial charge in [0.2, 0.25) is 0 Å². The molecule has 0 radical (unpaired) electrons. The Bertz CT molecular complexity index is 880. The van der Waals surface area contributed by atoms with Gasteiger partial charge in [-0.25, -0.2) is 0 Å². The lowest BCUT2D eigenvalue weighted by molar-refractivity contribution is -0.147. The number of fused-ring (bicyclic) bond motifs is 1. The molecular formula is C21H23BrN2O4. The highest BCUT2D eigenvalue weighted by atomic mass is 79.9. The van der Waals surface area contributed by atoms with E-state index in [0.29, 0.717) is 17.9 Å². The number of aliphatic carboxylic acids is 1. The van der Waals surface area contributed by atoms with E-state index in [1.165, 1.54) is 0 Å². The zero-order valence-electron chi connectivity index (χ0n) is 16.1. The zero-order chi connectivity index (χ0) is 20.5. The maximum Gasteiger partial charge on any atom is 0.306 e. The van der Waals surface area contributed by atoms with Gasteiger partial charge in [0.05, 0.1) is 17.8 Å². The third kappa shape index (κ3) is 4.59. The number of nitrogens with zero attached hydrogens (tertiary/aromatic N) is 2. The molecule has 3 rings (SSSR count). The summed E-state index contributed by atoms with van der Waals surface area (Å²) in [4.78, 5) is 30.7. The van der Waals surface area contributed by atoms with Gasteiger partial charge in [0.15, 0.2) is 0 Å². The number of ether oxygens (including phenoxy) is 1. The molecule has 1 aliphatic heterocycles. The number of anilines is 1. The molecule has 2 unspecified atom stereocenters. The Labute approximate surface area is 172 Å². The van der Waals surface area contributed by atoms with Gasteiger partial charge in [-0.05, 0) is 35.7 Å². The molecule has 0 spiro atoms. The predicted octanol–water partition coefficient (Wildman–Crippen LogP) is 4.19. The molecule has 0 aliphatic carbocycles. The molecule has 1 N–H and O–H groups in total. The highest BCUT2D eigenvalue weighted by Crippen LogP contribution is 2.40. The van der Waals surface area contributed by atoms with Crippen molar-refractivity contribution >= 4 is 33.5 Å². The Balaban J connectivity index is 2.18. The number of halogens is 1. The molecule has 0 saturated heterocycles. The Morgan fingerprint density at radius 2 is 2.04 bits per heavy atom. The van der Waals surface area contributed by atoms with E-state index in [4.69, 9.17) is 4.74 Å². The van der Waals surface area contributed by atoms with Crippen molar-refractivity contribution in [1.82, 2.24) is 4.98 Å². The van der Waals surface area contributed by atoms with E-state index in [2.05, 4.69) is 20.9 Å². The van der Waals surface area contributed by atoms with Crippen molar-refractivity contribution < 1.29 is 19.4 Å². The van der Waals surface area contributed by atoms with Crippen molar-refractivity contribution in [2.24, 2.45) is 5.41 Å². The van der Waals surface area contributed by atoms with Crippen LogP contribution in [-0.2, 0) is 14.3 Å². The number of amides is 1. The lowest BCUT2D eigenvalue weighted by atomic mass is 9.94. The van der Waals surface area contributed by atoms with Crippen LogP contribution in [0, 0.1) is 5.41 Å². The molecule has 6 nitrogen and oxygen atoms in total. The van der Waals surface area contributed by atoms with Gasteiger partial charge in [-0.2, -0.15) is 0 Å². The first-order valence-corrected chi connectivity index (χ1v) is 9.84. The van der Waals surface area contributed by atoms with Gasteiger partial charge >= 0.3 is 5.97 Å². The fourth-order valence-corrected chi connectivity index (χ4v) is 3.64. The van der Waals surface area contributed by atoms with Gasteiger partial charge in [-0.1, -0.05) is 42.8 Å². The highest BCUT2D eigenvalue weighted by molar-refractivity contribution is 9.10. The third-order valence-corrected chi connectivity index (χ3v) is 4.85. The molecule has 2 aromatic rings. The molecule has 2 atom stereocenters. The maximum atomic E-state index is 13.3. The first-order chi connectivity index (χ1) is 13.2. The molecule has 148 valence electrons. The lowest BCUT2D eigenvalue weighted by Gasteiger charge is -2.31. The van der Waals surface area contributed by atoms with Gasteiger partial charge in [-0.15, -0.1) is 0 Å².